The summed E-state index contributed by atoms with van der Waals surface area (Å²) in [6.45, 7) is 8.32. The molecule has 0 saturated heterocycles. The lowest BCUT2D eigenvalue weighted by Gasteiger charge is -2.10. The second-order valence-corrected chi connectivity index (χ2v) is 9.62. The number of amides is 1. The molecular formula is C28H31ClN4O4. The number of aliphatic carboxylic acids is 1. The number of carboxylic acid groups (broad SMARTS) is 1. The molecule has 2 heterocycles. The highest BCUT2D eigenvalue weighted by atomic mass is 35.5. The lowest BCUT2D eigenvalue weighted by atomic mass is 9.98. The Morgan fingerprint density at radius 1 is 1.14 bits per heavy atom. The third kappa shape index (κ3) is 5.64. The molecule has 1 amide bonds. The van der Waals surface area contributed by atoms with Gasteiger partial charge in [-0.15, -0.1) is 0 Å². The van der Waals surface area contributed by atoms with E-state index in [1.807, 2.05) is 58.0 Å². The molecule has 4 aromatic rings. The van der Waals surface area contributed by atoms with Crippen molar-refractivity contribution >= 4 is 34.4 Å². The van der Waals surface area contributed by atoms with Gasteiger partial charge in [-0.05, 0) is 69.4 Å². The highest BCUT2D eigenvalue weighted by Crippen LogP contribution is 2.35. The molecule has 0 unspecified atom stereocenters. The zero-order valence-corrected chi connectivity index (χ0v) is 22.2. The van der Waals surface area contributed by atoms with Crippen LogP contribution in [0.4, 0.5) is 0 Å². The fourth-order valence-corrected chi connectivity index (χ4v) is 4.79. The fourth-order valence-electron chi connectivity index (χ4n) is 4.68. The van der Waals surface area contributed by atoms with E-state index in [2.05, 4.69) is 20.5 Å². The number of aromatic nitrogens is 3. The number of H-pyrrole nitrogens is 2. The van der Waals surface area contributed by atoms with Crippen LogP contribution in [0.1, 0.15) is 51.4 Å². The molecule has 0 bridgehead atoms. The zero-order chi connectivity index (χ0) is 26.7. The van der Waals surface area contributed by atoms with Crippen LogP contribution >= 0.6 is 11.6 Å². The Morgan fingerprint density at radius 2 is 1.86 bits per heavy atom. The second-order valence-electron chi connectivity index (χ2n) is 9.24. The lowest BCUT2D eigenvalue weighted by Crippen LogP contribution is -2.27. The first-order valence-corrected chi connectivity index (χ1v) is 12.6. The third-order valence-electron chi connectivity index (χ3n) is 6.44. The van der Waals surface area contributed by atoms with Gasteiger partial charge in [-0.25, -0.2) is 0 Å². The van der Waals surface area contributed by atoms with Crippen LogP contribution in [0.5, 0.6) is 5.75 Å². The number of hydrogen-bond donors (Lipinski definition) is 4. The minimum atomic E-state index is -0.963. The smallest absolute Gasteiger partial charge is 0.305 e. The first kappa shape index (κ1) is 26.3. The zero-order valence-electron chi connectivity index (χ0n) is 21.4. The second kappa shape index (κ2) is 11.1. The van der Waals surface area contributed by atoms with Crippen molar-refractivity contribution in [3.8, 4) is 16.9 Å². The number of aromatic amines is 2. The number of nitrogens with zero attached hydrogens (tertiary/aromatic N) is 1. The molecule has 2 aromatic carbocycles. The average molecular weight is 523 g/mol. The van der Waals surface area contributed by atoms with E-state index in [1.165, 1.54) is 0 Å². The molecule has 37 heavy (non-hydrogen) atoms. The van der Waals surface area contributed by atoms with Crippen molar-refractivity contribution in [3.05, 3.63) is 69.1 Å². The minimum absolute atomic E-state index is 0.0498. The van der Waals surface area contributed by atoms with Crippen LogP contribution in [0, 0.1) is 27.7 Å². The molecule has 194 valence electrons. The number of benzene rings is 2. The Kier molecular flexibility index (Phi) is 7.88. The van der Waals surface area contributed by atoms with E-state index in [1.54, 1.807) is 0 Å². The number of aryl methyl sites for hydroxylation is 5. The molecule has 9 heteroatoms. The fraction of sp³-hybridized carbons (Fsp3) is 0.321. The van der Waals surface area contributed by atoms with E-state index in [4.69, 9.17) is 21.4 Å². The summed E-state index contributed by atoms with van der Waals surface area (Å²) in [6.07, 6.45) is 1.13. The number of fused-ring (bicyclic) bond motifs is 1. The van der Waals surface area contributed by atoms with Gasteiger partial charge in [-0.3, -0.25) is 14.7 Å². The molecule has 0 saturated carbocycles. The summed E-state index contributed by atoms with van der Waals surface area (Å²) in [5.74, 6) is -0.530. The number of hydrogen-bond acceptors (Lipinski definition) is 4. The van der Waals surface area contributed by atoms with Crippen molar-refractivity contribution < 1.29 is 19.4 Å². The van der Waals surface area contributed by atoms with Crippen molar-refractivity contribution in [2.24, 2.45) is 0 Å². The number of ether oxygens (including phenoxy) is 1. The number of nitrogens with one attached hydrogen (secondary N) is 3. The Balaban J connectivity index is 1.63. The molecule has 0 fully saturated rings. The van der Waals surface area contributed by atoms with Gasteiger partial charge in [0.25, 0.3) is 5.91 Å². The molecule has 0 aliphatic rings. The first-order chi connectivity index (χ1) is 17.7. The maximum atomic E-state index is 13.1. The topological polar surface area (TPSA) is 120 Å². The Bertz CT molecular complexity index is 1430. The number of halogens is 1. The predicted octanol–water partition coefficient (Wildman–Crippen LogP) is 5.66. The van der Waals surface area contributed by atoms with E-state index in [0.29, 0.717) is 25.1 Å². The summed E-state index contributed by atoms with van der Waals surface area (Å²) >= 11 is 6.27. The molecular weight excluding hydrogens is 492 g/mol. The van der Waals surface area contributed by atoms with Gasteiger partial charge in [-0.2, -0.15) is 5.10 Å². The van der Waals surface area contributed by atoms with E-state index in [9.17, 15) is 9.59 Å². The monoisotopic (exact) mass is 522 g/mol. The molecule has 0 aliphatic carbocycles. The Hall–Kier alpha value is -3.78. The summed E-state index contributed by atoms with van der Waals surface area (Å²) in [5, 5.41) is 20.7. The van der Waals surface area contributed by atoms with Crippen molar-refractivity contribution in [1.29, 1.82) is 0 Å². The van der Waals surface area contributed by atoms with Gasteiger partial charge < -0.3 is 20.1 Å². The van der Waals surface area contributed by atoms with Gasteiger partial charge in [0.15, 0.2) is 0 Å². The number of rotatable bonds is 10. The highest BCUT2D eigenvalue weighted by molar-refractivity contribution is 6.32. The third-order valence-corrected chi connectivity index (χ3v) is 7.04. The summed E-state index contributed by atoms with van der Waals surface area (Å²) < 4.78 is 5.99. The van der Waals surface area contributed by atoms with Crippen LogP contribution in [-0.4, -0.2) is 45.3 Å². The summed E-state index contributed by atoms with van der Waals surface area (Å²) in [7, 11) is 0. The molecule has 0 aliphatic heterocycles. The van der Waals surface area contributed by atoms with Crippen LogP contribution in [-0.2, 0) is 11.2 Å². The summed E-state index contributed by atoms with van der Waals surface area (Å²) in [5.41, 5.74) is 7.84. The standard InChI is InChI=1S/C28H31ClN4O4/c1-15-13-19(14-16(2)25(15)29)37-12-6-9-21-20-7-5-8-22(24-17(3)32-33-18(24)4)26(20)31-27(21)28(36)30-11-10-23(34)35/h5,7-8,13-14,31H,6,9-12H2,1-4H3,(H,30,36)(H,32,33)(H,34,35). The molecule has 4 rings (SSSR count). The van der Waals surface area contributed by atoms with Gasteiger partial charge in [0.2, 0.25) is 0 Å². The van der Waals surface area contributed by atoms with Crippen LogP contribution in [0.15, 0.2) is 30.3 Å². The quantitative estimate of drug-likeness (QED) is 0.200. The van der Waals surface area contributed by atoms with Crippen LogP contribution in [0.25, 0.3) is 22.0 Å². The summed E-state index contributed by atoms with van der Waals surface area (Å²) in [4.78, 5) is 27.4. The number of carboxylic acids is 1. The van der Waals surface area contributed by atoms with Crippen molar-refractivity contribution in [2.45, 2.75) is 47.0 Å². The molecule has 0 spiro atoms. The van der Waals surface area contributed by atoms with Crippen molar-refractivity contribution in [3.63, 3.8) is 0 Å². The number of para-hydroxylation sites is 1. The summed E-state index contributed by atoms with van der Waals surface area (Å²) in [6, 6.07) is 9.82. The minimum Gasteiger partial charge on any atom is -0.494 e. The van der Waals surface area contributed by atoms with Crippen LogP contribution in [0.3, 0.4) is 0 Å². The molecule has 2 aromatic heterocycles. The first-order valence-electron chi connectivity index (χ1n) is 12.2. The van der Waals surface area contributed by atoms with Crippen molar-refractivity contribution in [1.82, 2.24) is 20.5 Å². The number of carbonyl (C=O) groups is 2. The van der Waals surface area contributed by atoms with Gasteiger partial charge in [-0.1, -0.05) is 29.8 Å². The Labute approximate surface area is 220 Å². The molecule has 4 N–H and O–H groups in total. The normalized spacial score (nSPS) is 11.2. The molecule has 0 radical (unpaired) electrons. The predicted molar refractivity (Wildman–Crippen MR) is 145 cm³/mol. The van der Waals surface area contributed by atoms with E-state index < -0.39 is 5.97 Å². The largest absolute Gasteiger partial charge is 0.494 e. The van der Waals surface area contributed by atoms with Gasteiger partial charge >= 0.3 is 5.97 Å². The van der Waals surface area contributed by atoms with Gasteiger partial charge in [0.1, 0.15) is 11.4 Å². The highest BCUT2D eigenvalue weighted by Gasteiger charge is 2.21. The van der Waals surface area contributed by atoms with Crippen LogP contribution < -0.4 is 10.1 Å². The van der Waals surface area contributed by atoms with Crippen LogP contribution in [0.2, 0.25) is 5.02 Å². The van der Waals surface area contributed by atoms with Gasteiger partial charge in [0, 0.05) is 33.8 Å². The Morgan fingerprint density at radius 3 is 2.51 bits per heavy atom. The van der Waals surface area contributed by atoms with E-state index in [-0.39, 0.29) is 18.9 Å². The van der Waals surface area contributed by atoms with Gasteiger partial charge in [0.05, 0.1) is 24.2 Å². The SMILES string of the molecule is Cc1cc(OCCCc2c(C(=O)NCCC(=O)O)[nH]c3c(-c4c(C)n[nH]c4C)cccc23)cc(C)c1Cl. The van der Waals surface area contributed by atoms with Crippen molar-refractivity contribution in [2.75, 3.05) is 13.2 Å². The maximum Gasteiger partial charge on any atom is 0.305 e. The number of carbonyl (C=O) groups excluding carboxylic acids is 1. The average Bonchev–Trinajstić information content (AvgIpc) is 3.39. The van der Waals surface area contributed by atoms with E-state index in [0.717, 1.165) is 60.9 Å². The lowest BCUT2D eigenvalue weighted by molar-refractivity contribution is -0.136. The maximum absolute atomic E-state index is 13.1. The molecule has 0 atom stereocenters. The van der Waals surface area contributed by atoms with E-state index >= 15 is 0 Å². The molecule has 8 nitrogen and oxygen atoms in total.